The predicted molar refractivity (Wildman–Crippen MR) is 79.1 cm³/mol. The number of nitrogens with zero attached hydrogens (tertiary/aromatic N) is 1. The summed E-state index contributed by atoms with van der Waals surface area (Å²) in [6.07, 6.45) is 1.14. The van der Waals surface area contributed by atoms with Gasteiger partial charge >= 0.3 is 0 Å². The summed E-state index contributed by atoms with van der Waals surface area (Å²) in [5.41, 5.74) is 1.17. The van der Waals surface area contributed by atoms with Gasteiger partial charge in [0.25, 0.3) is 0 Å². The second-order valence-corrected chi connectivity index (χ2v) is 5.92. The normalized spacial score (nSPS) is 30.2. The van der Waals surface area contributed by atoms with E-state index in [1.54, 1.807) is 0 Å². The zero-order chi connectivity index (χ0) is 13.8. The van der Waals surface area contributed by atoms with Gasteiger partial charge in [-0.1, -0.05) is 37.3 Å². The standard InChI is InChI=1S/C16H26N2O/c1-12-10-18(3)13(2)9-15(12)17-16(11-19)14-7-5-4-6-8-14/h4-8,12-13,15-17,19H,9-11H2,1-3H3. The third-order valence-corrected chi connectivity index (χ3v) is 4.41. The Bertz CT molecular complexity index is 382. The molecule has 1 aromatic rings. The molecule has 19 heavy (non-hydrogen) atoms. The van der Waals surface area contributed by atoms with Crippen LogP contribution < -0.4 is 5.32 Å². The van der Waals surface area contributed by atoms with Crippen LogP contribution in [-0.2, 0) is 0 Å². The molecule has 1 saturated heterocycles. The van der Waals surface area contributed by atoms with E-state index in [9.17, 15) is 5.11 Å². The van der Waals surface area contributed by atoms with Crippen LogP contribution in [0.15, 0.2) is 30.3 Å². The minimum absolute atomic E-state index is 0.0456. The van der Waals surface area contributed by atoms with Crippen LogP contribution in [0, 0.1) is 5.92 Å². The lowest BCUT2D eigenvalue weighted by molar-refractivity contribution is 0.107. The van der Waals surface area contributed by atoms with Crippen LogP contribution in [0.5, 0.6) is 0 Å². The topological polar surface area (TPSA) is 35.5 Å². The highest BCUT2D eigenvalue weighted by Crippen LogP contribution is 2.23. The second kappa shape index (κ2) is 6.51. The molecule has 4 atom stereocenters. The van der Waals surface area contributed by atoms with E-state index in [0.717, 1.165) is 13.0 Å². The summed E-state index contributed by atoms with van der Waals surface area (Å²) in [5.74, 6) is 0.610. The minimum atomic E-state index is 0.0456. The fourth-order valence-electron chi connectivity index (χ4n) is 2.97. The number of aliphatic hydroxyl groups excluding tert-OH is 1. The van der Waals surface area contributed by atoms with E-state index in [1.807, 2.05) is 18.2 Å². The van der Waals surface area contributed by atoms with E-state index < -0.39 is 0 Å². The van der Waals surface area contributed by atoms with Crippen LogP contribution in [0.3, 0.4) is 0 Å². The molecule has 2 rings (SSSR count). The maximum absolute atomic E-state index is 9.64. The highest BCUT2D eigenvalue weighted by molar-refractivity contribution is 5.19. The lowest BCUT2D eigenvalue weighted by Gasteiger charge is -2.41. The SMILES string of the molecule is CC1CN(C)C(C)CC1NC(CO)c1ccccc1. The first-order valence-corrected chi connectivity index (χ1v) is 7.24. The summed E-state index contributed by atoms with van der Waals surface area (Å²) >= 11 is 0. The average Bonchev–Trinajstić information content (AvgIpc) is 2.42. The van der Waals surface area contributed by atoms with Crippen molar-refractivity contribution < 1.29 is 5.11 Å². The zero-order valence-electron chi connectivity index (χ0n) is 12.2. The molecule has 0 bridgehead atoms. The first-order valence-electron chi connectivity index (χ1n) is 7.24. The number of benzene rings is 1. The Morgan fingerprint density at radius 2 is 2.00 bits per heavy atom. The molecule has 4 unspecified atom stereocenters. The minimum Gasteiger partial charge on any atom is -0.394 e. The van der Waals surface area contributed by atoms with Crippen molar-refractivity contribution in [1.29, 1.82) is 0 Å². The highest BCUT2D eigenvalue weighted by Gasteiger charge is 2.30. The van der Waals surface area contributed by atoms with Crippen LogP contribution >= 0.6 is 0 Å². The maximum atomic E-state index is 9.64. The molecule has 0 radical (unpaired) electrons. The van der Waals surface area contributed by atoms with Gasteiger partial charge in [-0.05, 0) is 31.9 Å². The summed E-state index contributed by atoms with van der Waals surface area (Å²) < 4.78 is 0. The highest BCUT2D eigenvalue weighted by atomic mass is 16.3. The molecule has 0 saturated carbocycles. The van der Waals surface area contributed by atoms with Gasteiger partial charge in [0.15, 0.2) is 0 Å². The number of hydrogen-bond donors (Lipinski definition) is 2. The van der Waals surface area contributed by atoms with Gasteiger partial charge in [-0.3, -0.25) is 0 Å². The fourth-order valence-corrected chi connectivity index (χ4v) is 2.97. The summed E-state index contributed by atoms with van der Waals surface area (Å²) in [7, 11) is 2.19. The van der Waals surface area contributed by atoms with E-state index in [4.69, 9.17) is 0 Å². The Kier molecular flexibility index (Phi) is 4.97. The molecule has 0 aromatic heterocycles. The fraction of sp³-hybridized carbons (Fsp3) is 0.625. The smallest absolute Gasteiger partial charge is 0.0626 e. The van der Waals surface area contributed by atoms with Crippen molar-refractivity contribution in [3.05, 3.63) is 35.9 Å². The van der Waals surface area contributed by atoms with Crippen LogP contribution in [0.2, 0.25) is 0 Å². The zero-order valence-corrected chi connectivity index (χ0v) is 12.2. The lowest BCUT2D eigenvalue weighted by atomic mass is 9.89. The van der Waals surface area contributed by atoms with E-state index in [0.29, 0.717) is 18.0 Å². The molecular formula is C16H26N2O. The monoisotopic (exact) mass is 262 g/mol. The van der Waals surface area contributed by atoms with E-state index in [-0.39, 0.29) is 12.6 Å². The Hall–Kier alpha value is -0.900. The molecule has 0 aliphatic carbocycles. The Morgan fingerprint density at radius 1 is 1.32 bits per heavy atom. The molecule has 0 spiro atoms. The van der Waals surface area contributed by atoms with Gasteiger partial charge in [-0.25, -0.2) is 0 Å². The summed E-state index contributed by atoms with van der Waals surface area (Å²) in [5, 5.41) is 13.3. The van der Waals surface area contributed by atoms with Gasteiger partial charge in [0.2, 0.25) is 0 Å². The van der Waals surface area contributed by atoms with Crippen molar-refractivity contribution in [2.45, 2.75) is 38.4 Å². The van der Waals surface area contributed by atoms with Crippen LogP contribution in [-0.4, -0.2) is 42.3 Å². The molecule has 1 aromatic carbocycles. The van der Waals surface area contributed by atoms with Crippen molar-refractivity contribution in [3.8, 4) is 0 Å². The first-order chi connectivity index (χ1) is 9.11. The van der Waals surface area contributed by atoms with Gasteiger partial charge in [0.05, 0.1) is 12.6 Å². The van der Waals surface area contributed by atoms with Crippen molar-refractivity contribution in [1.82, 2.24) is 10.2 Å². The number of rotatable bonds is 4. The molecule has 1 aliphatic rings. The Labute approximate surface area is 116 Å². The van der Waals surface area contributed by atoms with Gasteiger partial charge < -0.3 is 15.3 Å². The molecule has 1 heterocycles. The number of likely N-dealkylation sites (tertiary alicyclic amines) is 1. The molecule has 2 N–H and O–H groups in total. The molecule has 3 heteroatoms. The Balaban J connectivity index is 2.02. The van der Waals surface area contributed by atoms with Gasteiger partial charge in [0, 0.05) is 18.6 Å². The van der Waals surface area contributed by atoms with Crippen molar-refractivity contribution in [2.24, 2.45) is 5.92 Å². The lowest BCUT2D eigenvalue weighted by Crippen LogP contribution is -2.52. The average molecular weight is 262 g/mol. The third kappa shape index (κ3) is 3.56. The summed E-state index contributed by atoms with van der Waals surface area (Å²) in [4.78, 5) is 2.42. The molecule has 1 aliphatic heterocycles. The van der Waals surface area contributed by atoms with E-state index in [2.05, 4.69) is 43.2 Å². The number of piperidine rings is 1. The molecule has 3 nitrogen and oxygen atoms in total. The number of hydrogen-bond acceptors (Lipinski definition) is 3. The van der Waals surface area contributed by atoms with Gasteiger partial charge in [-0.15, -0.1) is 0 Å². The molecule has 0 amide bonds. The van der Waals surface area contributed by atoms with Crippen LogP contribution in [0.25, 0.3) is 0 Å². The van der Waals surface area contributed by atoms with Crippen molar-refractivity contribution in [2.75, 3.05) is 20.2 Å². The van der Waals surface area contributed by atoms with Crippen molar-refractivity contribution >= 4 is 0 Å². The quantitative estimate of drug-likeness (QED) is 0.871. The largest absolute Gasteiger partial charge is 0.394 e. The summed E-state index contributed by atoms with van der Waals surface area (Å²) in [6, 6.07) is 11.4. The predicted octanol–water partition coefficient (Wildman–Crippen LogP) is 2.04. The second-order valence-electron chi connectivity index (χ2n) is 5.92. The maximum Gasteiger partial charge on any atom is 0.0626 e. The van der Waals surface area contributed by atoms with E-state index >= 15 is 0 Å². The van der Waals surface area contributed by atoms with Crippen LogP contribution in [0.4, 0.5) is 0 Å². The number of nitrogens with one attached hydrogen (secondary N) is 1. The Morgan fingerprint density at radius 3 is 2.63 bits per heavy atom. The molecule has 1 fully saturated rings. The summed E-state index contributed by atoms with van der Waals surface area (Å²) in [6.45, 7) is 5.83. The third-order valence-electron chi connectivity index (χ3n) is 4.41. The number of aliphatic hydroxyl groups is 1. The first kappa shape index (κ1) is 14.5. The van der Waals surface area contributed by atoms with Crippen LogP contribution in [0.1, 0.15) is 31.9 Å². The molecule has 106 valence electrons. The van der Waals surface area contributed by atoms with Gasteiger partial charge in [0.1, 0.15) is 0 Å². The molecular weight excluding hydrogens is 236 g/mol. The van der Waals surface area contributed by atoms with Gasteiger partial charge in [-0.2, -0.15) is 0 Å². The van der Waals surface area contributed by atoms with Crippen molar-refractivity contribution in [3.63, 3.8) is 0 Å². The van der Waals surface area contributed by atoms with E-state index in [1.165, 1.54) is 5.56 Å².